The van der Waals surface area contributed by atoms with Gasteiger partial charge in [-0.1, -0.05) is 18.7 Å². The number of nitrogens with one attached hydrogen (secondary N) is 1. The quantitative estimate of drug-likeness (QED) is 0.593. The molecule has 1 N–H and O–H groups in total. The Morgan fingerprint density at radius 3 is 2.76 bits per heavy atom. The van der Waals surface area contributed by atoms with Crippen LogP contribution in [0.2, 0.25) is 0 Å². The molecule has 0 aliphatic heterocycles. The lowest BCUT2D eigenvalue weighted by atomic mass is 9.93. The molecule has 0 saturated carbocycles. The van der Waals surface area contributed by atoms with Gasteiger partial charge in [0.05, 0.1) is 6.07 Å². The van der Waals surface area contributed by atoms with Gasteiger partial charge >= 0.3 is 0 Å². The van der Waals surface area contributed by atoms with Crippen LogP contribution in [0.1, 0.15) is 32.1 Å². The van der Waals surface area contributed by atoms with E-state index in [4.69, 9.17) is 9.68 Å². The number of thioether (sulfide) groups is 1. The topological polar surface area (TPSA) is 74.7 Å². The minimum absolute atomic E-state index is 0.398. The molecule has 1 aromatic heterocycles. The first-order valence-electron chi connectivity index (χ1n) is 5.69. The predicted octanol–water partition coefficient (Wildman–Crippen LogP) is 2.14. The molecule has 1 atom stereocenters. The summed E-state index contributed by atoms with van der Waals surface area (Å²) in [7, 11) is 1.83. The second-order valence-electron chi connectivity index (χ2n) is 3.84. The van der Waals surface area contributed by atoms with Crippen molar-refractivity contribution >= 4 is 11.8 Å². The minimum Gasteiger partial charge on any atom is -0.416 e. The summed E-state index contributed by atoms with van der Waals surface area (Å²) in [6.07, 6.45) is 2.58. The second-order valence-corrected chi connectivity index (χ2v) is 4.88. The molecule has 0 radical (unpaired) electrons. The highest BCUT2D eigenvalue weighted by Crippen LogP contribution is 2.21. The van der Waals surface area contributed by atoms with Crippen LogP contribution in [0, 0.1) is 18.3 Å². The van der Waals surface area contributed by atoms with Crippen LogP contribution in [0.25, 0.3) is 0 Å². The first kappa shape index (κ1) is 14.0. The highest BCUT2D eigenvalue weighted by Gasteiger charge is 2.24. The lowest BCUT2D eigenvalue weighted by molar-refractivity contribution is 0.399. The molecule has 0 bridgehead atoms. The summed E-state index contributed by atoms with van der Waals surface area (Å²) >= 11 is 1.54. The fourth-order valence-electron chi connectivity index (χ4n) is 1.54. The van der Waals surface area contributed by atoms with Crippen LogP contribution in [0.15, 0.2) is 9.64 Å². The summed E-state index contributed by atoms with van der Waals surface area (Å²) in [5, 5.41) is 20.5. The molecule has 5 nitrogen and oxygen atoms in total. The first-order chi connectivity index (χ1) is 8.15. The highest BCUT2D eigenvalue weighted by molar-refractivity contribution is 7.99. The lowest BCUT2D eigenvalue weighted by Gasteiger charge is -2.23. The number of hydrogen-bond donors (Lipinski definition) is 1. The Balaban J connectivity index is 2.30. The van der Waals surface area contributed by atoms with E-state index in [0.717, 1.165) is 25.0 Å². The van der Waals surface area contributed by atoms with Crippen molar-refractivity contribution in [1.29, 1.82) is 5.26 Å². The second kappa shape index (κ2) is 6.62. The summed E-state index contributed by atoms with van der Waals surface area (Å²) in [6.45, 7) is 3.80. The van der Waals surface area contributed by atoms with Crippen molar-refractivity contribution in [3.8, 4) is 6.07 Å². The normalized spacial score (nSPS) is 14.2. The van der Waals surface area contributed by atoms with E-state index in [0.29, 0.717) is 11.1 Å². The summed E-state index contributed by atoms with van der Waals surface area (Å²) in [5.41, 5.74) is -0.398. The zero-order valence-corrected chi connectivity index (χ0v) is 11.3. The molecule has 1 aromatic rings. The van der Waals surface area contributed by atoms with Crippen molar-refractivity contribution in [2.75, 3.05) is 12.8 Å². The molecule has 1 heterocycles. The van der Waals surface area contributed by atoms with Crippen LogP contribution in [0.5, 0.6) is 0 Å². The van der Waals surface area contributed by atoms with Crippen LogP contribution in [-0.2, 0) is 0 Å². The van der Waals surface area contributed by atoms with E-state index in [1.165, 1.54) is 11.8 Å². The van der Waals surface area contributed by atoms with Gasteiger partial charge in [-0.05, 0) is 26.3 Å². The highest BCUT2D eigenvalue weighted by atomic mass is 32.2. The van der Waals surface area contributed by atoms with E-state index < -0.39 is 5.54 Å². The minimum atomic E-state index is -0.398. The van der Waals surface area contributed by atoms with Crippen LogP contribution >= 0.6 is 11.8 Å². The predicted molar refractivity (Wildman–Crippen MR) is 66.7 cm³/mol. The average Bonchev–Trinajstić information content (AvgIpc) is 2.76. The number of nitriles is 1. The Morgan fingerprint density at radius 1 is 1.53 bits per heavy atom. The molecule has 0 aliphatic carbocycles. The molecule has 0 amide bonds. The molecule has 0 fully saturated rings. The SMILES string of the molecule is CCC(C#N)(CCCSc1nnc(C)o1)NC. The van der Waals surface area contributed by atoms with Crippen molar-refractivity contribution < 1.29 is 4.42 Å². The van der Waals surface area contributed by atoms with Gasteiger partial charge in [-0.3, -0.25) is 0 Å². The Labute approximate surface area is 106 Å². The maximum atomic E-state index is 9.14. The molecule has 0 aliphatic rings. The van der Waals surface area contributed by atoms with Crippen LogP contribution in [-0.4, -0.2) is 28.5 Å². The maximum absolute atomic E-state index is 9.14. The van der Waals surface area contributed by atoms with E-state index in [1.54, 1.807) is 6.92 Å². The number of hydrogen-bond acceptors (Lipinski definition) is 6. The van der Waals surface area contributed by atoms with E-state index in [1.807, 2.05) is 14.0 Å². The molecule has 0 aromatic carbocycles. The standard InChI is InChI=1S/C11H18N4OS/c1-4-11(8-12,13-3)6-5-7-17-10-15-14-9(2)16-10/h13H,4-7H2,1-3H3. The van der Waals surface area contributed by atoms with Crippen LogP contribution in [0.3, 0.4) is 0 Å². The van der Waals surface area contributed by atoms with Gasteiger partial charge in [0.2, 0.25) is 5.89 Å². The average molecular weight is 254 g/mol. The molecule has 0 saturated heterocycles. The Morgan fingerprint density at radius 2 is 2.29 bits per heavy atom. The number of aryl methyl sites for hydroxylation is 1. The molecule has 94 valence electrons. The van der Waals surface area contributed by atoms with Gasteiger partial charge in [0.1, 0.15) is 5.54 Å². The van der Waals surface area contributed by atoms with E-state index in [2.05, 4.69) is 21.6 Å². The third kappa shape index (κ3) is 4.02. The number of nitrogens with zero attached hydrogens (tertiary/aromatic N) is 3. The first-order valence-corrected chi connectivity index (χ1v) is 6.67. The van der Waals surface area contributed by atoms with Crippen molar-refractivity contribution in [1.82, 2.24) is 15.5 Å². The van der Waals surface area contributed by atoms with Gasteiger partial charge in [-0.25, -0.2) is 0 Å². The smallest absolute Gasteiger partial charge is 0.276 e. The van der Waals surface area contributed by atoms with Gasteiger partial charge in [-0.15, -0.1) is 10.2 Å². The summed E-state index contributed by atoms with van der Waals surface area (Å²) < 4.78 is 5.25. The fraction of sp³-hybridized carbons (Fsp3) is 0.727. The van der Waals surface area contributed by atoms with Crippen LogP contribution < -0.4 is 5.32 Å². The van der Waals surface area contributed by atoms with Crippen LogP contribution in [0.4, 0.5) is 0 Å². The van der Waals surface area contributed by atoms with Gasteiger partial charge in [0.25, 0.3) is 5.22 Å². The molecule has 1 unspecified atom stereocenters. The third-order valence-electron chi connectivity index (χ3n) is 2.78. The van der Waals surface area contributed by atoms with Crippen molar-refractivity contribution in [2.24, 2.45) is 0 Å². The third-order valence-corrected chi connectivity index (χ3v) is 3.68. The van der Waals surface area contributed by atoms with E-state index in [-0.39, 0.29) is 0 Å². The van der Waals surface area contributed by atoms with Gasteiger partial charge in [-0.2, -0.15) is 5.26 Å². The van der Waals surface area contributed by atoms with Crippen molar-refractivity contribution in [2.45, 2.75) is 43.9 Å². The summed E-state index contributed by atoms with van der Waals surface area (Å²) in [4.78, 5) is 0. The zero-order chi connectivity index (χ0) is 12.7. The molecule has 0 spiro atoms. The van der Waals surface area contributed by atoms with Crippen molar-refractivity contribution in [3.05, 3.63) is 5.89 Å². The van der Waals surface area contributed by atoms with E-state index >= 15 is 0 Å². The fourth-order valence-corrected chi connectivity index (χ4v) is 2.28. The number of rotatable bonds is 7. The molecular weight excluding hydrogens is 236 g/mol. The van der Waals surface area contributed by atoms with Crippen molar-refractivity contribution in [3.63, 3.8) is 0 Å². The number of aromatic nitrogens is 2. The van der Waals surface area contributed by atoms with Gasteiger partial charge in [0, 0.05) is 12.7 Å². The lowest BCUT2D eigenvalue weighted by Crippen LogP contribution is -2.40. The van der Waals surface area contributed by atoms with E-state index in [9.17, 15) is 0 Å². The molecular formula is C11H18N4OS. The molecule has 6 heteroatoms. The molecule has 17 heavy (non-hydrogen) atoms. The molecule has 1 rings (SSSR count). The van der Waals surface area contributed by atoms with Gasteiger partial charge in [0.15, 0.2) is 0 Å². The van der Waals surface area contributed by atoms with Gasteiger partial charge < -0.3 is 9.73 Å². The summed E-state index contributed by atoms with van der Waals surface area (Å²) in [6, 6.07) is 2.35. The Hall–Kier alpha value is -1.06. The maximum Gasteiger partial charge on any atom is 0.276 e. The largest absolute Gasteiger partial charge is 0.416 e. The zero-order valence-electron chi connectivity index (χ0n) is 10.5. The Bertz CT molecular complexity index is 381. The Kier molecular flexibility index (Phi) is 5.45. The monoisotopic (exact) mass is 254 g/mol. The summed E-state index contributed by atoms with van der Waals surface area (Å²) in [5.74, 6) is 1.47.